The minimum atomic E-state index is -4.53. The number of carbonyl (C=O) groups is 3. The van der Waals surface area contributed by atoms with Crippen LogP contribution in [0.4, 0.5) is 18.9 Å². The molecule has 0 bridgehead atoms. The Kier molecular flexibility index (Phi) is 10.1. The summed E-state index contributed by atoms with van der Waals surface area (Å²) in [5, 5.41) is 8.51. The Labute approximate surface area is 199 Å². The van der Waals surface area contributed by atoms with Crippen LogP contribution in [0.5, 0.6) is 11.5 Å². The van der Waals surface area contributed by atoms with Crippen molar-refractivity contribution in [1.29, 1.82) is 0 Å². The maximum atomic E-state index is 12.8. The Morgan fingerprint density at radius 1 is 1.06 bits per heavy atom. The van der Waals surface area contributed by atoms with Crippen LogP contribution in [0.2, 0.25) is 0 Å². The summed E-state index contributed by atoms with van der Waals surface area (Å²) in [6.45, 7) is 1.86. The average Bonchev–Trinajstić information content (AvgIpc) is 2.82. The normalized spacial score (nSPS) is 11.1. The number of methoxy groups -OCH3 is 1. The number of ether oxygens (including phenoxy) is 2. The number of nitrogens with one attached hydrogen (secondary N) is 3. The predicted octanol–water partition coefficient (Wildman–Crippen LogP) is 3.10. The van der Waals surface area contributed by atoms with E-state index in [0.29, 0.717) is 12.1 Å². The number of halogens is 3. The Balaban J connectivity index is 1.91. The van der Waals surface area contributed by atoms with Crippen LogP contribution in [0.25, 0.3) is 0 Å². The number of amides is 3. The molecule has 0 radical (unpaired) electrons. The average molecular weight is 494 g/mol. The molecule has 3 N–H and O–H groups in total. The summed E-state index contributed by atoms with van der Waals surface area (Å²) < 4.78 is 49.0. The maximum absolute atomic E-state index is 12.8. The zero-order valence-electron chi connectivity index (χ0n) is 19.1. The zero-order chi connectivity index (χ0) is 25.8. The summed E-state index contributed by atoms with van der Waals surface area (Å²) in [5.74, 6) is -1.93. The van der Waals surface area contributed by atoms with Gasteiger partial charge in [0.2, 0.25) is 0 Å². The number of anilines is 1. The van der Waals surface area contributed by atoms with Gasteiger partial charge in [0.25, 0.3) is 5.91 Å². The largest absolute Gasteiger partial charge is 0.493 e. The molecule has 2 aromatic carbocycles. The molecule has 188 valence electrons. The predicted molar refractivity (Wildman–Crippen MR) is 122 cm³/mol. The lowest BCUT2D eigenvalue weighted by Gasteiger charge is -2.12. The number of alkyl halides is 3. The van der Waals surface area contributed by atoms with Gasteiger partial charge in [0.05, 0.1) is 18.9 Å². The number of hydrogen-bond donors (Lipinski definition) is 3. The van der Waals surface area contributed by atoms with Crippen molar-refractivity contribution in [3.63, 3.8) is 0 Å². The first-order chi connectivity index (χ1) is 16.6. The molecule has 35 heavy (non-hydrogen) atoms. The van der Waals surface area contributed by atoms with Gasteiger partial charge < -0.3 is 20.1 Å². The van der Waals surface area contributed by atoms with Gasteiger partial charge in [-0.25, -0.2) is 5.43 Å². The number of nitrogens with zero attached hydrogens (tertiary/aromatic N) is 1. The molecule has 9 nitrogen and oxygen atoms in total. The van der Waals surface area contributed by atoms with E-state index >= 15 is 0 Å². The Morgan fingerprint density at radius 3 is 2.51 bits per heavy atom. The van der Waals surface area contributed by atoms with E-state index in [4.69, 9.17) is 9.47 Å². The van der Waals surface area contributed by atoms with Crippen molar-refractivity contribution in [2.24, 2.45) is 5.10 Å². The molecular weight excluding hydrogens is 469 g/mol. The maximum Gasteiger partial charge on any atom is 0.416 e. The van der Waals surface area contributed by atoms with Gasteiger partial charge in [-0.3, -0.25) is 14.4 Å². The standard InChI is InChI=1S/C23H25F3N4O5/c1-3-4-10-27-21(32)22(33)30-28-13-15-8-9-18(19(11-15)34-2)35-14-20(31)29-17-7-5-6-16(12-17)23(24,25)26/h5-9,11-13H,3-4,10,14H2,1-2H3,(H,27,32)(H,29,31)(H,30,33)/b28-13-. The van der Waals surface area contributed by atoms with Crippen LogP contribution in [-0.4, -0.2) is 44.2 Å². The third-order valence-electron chi connectivity index (χ3n) is 4.42. The summed E-state index contributed by atoms with van der Waals surface area (Å²) in [7, 11) is 1.37. The van der Waals surface area contributed by atoms with Gasteiger partial charge in [-0.15, -0.1) is 0 Å². The summed E-state index contributed by atoms with van der Waals surface area (Å²) in [4.78, 5) is 35.4. The topological polar surface area (TPSA) is 118 Å². The van der Waals surface area contributed by atoms with Crippen LogP contribution in [0, 0.1) is 0 Å². The summed E-state index contributed by atoms with van der Waals surface area (Å²) in [6, 6.07) is 8.78. The van der Waals surface area contributed by atoms with E-state index in [0.717, 1.165) is 25.0 Å². The molecule has 0 unspecified atom stereocenters. The molecule has 0 aromatic heterocycles. The van der Waals surface area contributed by atoms with Gasteiger partial charge in [-0.2, -0.15) is 18.3 Å². The van der Waals surface area contributed by atoms with Gasteiger partial charge in [0, 0.05) is 12.2 Å². The van der Waals surface area contributed by atoms with Crippen LogP contribution in [0.3, 0.4) is 0 Å². The number of benzene rings is 2. The van der Waals surface area contributed by atoms with Gasteiger partial charge in [0.15, 0.2) is 18.1 Å². The second kappa shape index (κ2) is 13.0. The lowest BCUT2D eigenvalue weighted by molar-refractivity contribution is -0.139. The highest BCUT2D eigenvalue weighted by Crippen LogP contribution is 2.31. The van der Waals surface area contributed by atoms with Gasteiger partial charge >= 0.3 is 18.0 Å². The molecule has 2 rings (SSSR count). The van der Waals surface area contributed by atoms with Crippen molar-refractivity contribution in [3.05, 3.63) is 53.6 Å². The van der Waals surface area contributed by atoms with Crippen LogP contribution < -0.4 is 25.5 Å². The van der Waals surface area contributed by atoms with Gasteiger partial charge in [0.1, 0.15) is 0 Å². The lowest BCUT2D eigenvalue weighted by Crippen LogP contribution is -2.38. The smallest absolute Gasteiger partial charge is 0.416 e. The molecule has 3 amide bonds. The monoisotopic (exact) mass is 494 g/mol. The fraction of sp³-hybridized carbons (Fsp3) is 0.304. The van der Waals surface area contributed by atoms with Crippen molar-refractivity contribution < 1.29 is 37.0 Å². The highest BCUT2D eigenvalue weighted by molar-refractivity contribution is 6.35. The van der Waals surface area contributed by atoms with E-state index in [1.165, 1.54) is 37.6 Å². The number of unbranched alkanes of at least 4 members (excludes halogenated alkanes) is 1. The molecule has 0 saturated carbocycles. The van der Waals surface area contributed by atoms with Crippen LogP contribution in [0.1, 0.15) is 30.9 Å². The Hall–Kier alpha value is -4.09. The summed E-state index contributed by atoms with van der Waals surface area (Å²) in [5.41, 5.74) is 1.70. The first-order valence-electron chi connectivity index (χ1n) is 10.5. The van der Waals surface area contributed by atoms with E-state index in [9.17, 15) is 27.6 Å². The van der Waals surface area contributed by atoms with E-state index in [-0.39, 0.29) is 17.2 Å². The van der Waals surface area contributed by atoms with Crippen molar-refractivity contribution in [3.8, 4) is 11.5 Å². The van der Waals surface area contributed by atoms with Gasteiger partial charge in [-0.05, 0) is 48.4 Å². The molecule has 0 atom stereocenters. The molecular formula is C23H25F3N4O5. The van der Waals surface area contributed by atoms with E-state index in [1.54, 1.807) is 6.07 Å². The fourth-order valence-corrected chi connectivity index (χ4v) is 2.67. The highest BCUT2D eigenvalue weighted by Gasteiger charge is 2.30. The number of hydrogen-bond acceptors (Lipinski definition) is 6. The number of hydrazone groups is 1. The first-order valence-corrected chi connectivity index (χ1v) is 10.5. The van der Waals surface area contributed by atoms with Crippen molar-refractivity contribution in [2.45, 2.75) is 25.9 Å². The van der Waals surface area contributed by atoms with Gasteiger partial charge in [-0.1, -0.05) is 19.4 Å². The molecule has 0 aliphatic heterocycles. The summed E-state index contributed by atoms with van der Waals surface area (Å²) in [6.07, 6.45) is -1.62. The van der Waals surface area contributed by atoms with Crippen molar-refractivity contribution >= 4 is 29.6 Å². The van der Waals surface area contributed by atoms with E-state index in [1.807, 2.05) is 6.92 Å². The van der Waals surface area contributed by atoms with Crippen molar-refractivity contribution in [2.75, 3.05) is 25.6 Å². The SMILES string of the molecule is CCCCNC(=O)C(=O)N/N=C\c1ccc(OCC(=O)Nc2cccc(C(F)(F)F)c2)c(OC)c1. The quantitative estimate of drug-likeness (QED) is 0.203. The second-order valence-electron chi connectivity index (χ2n) is 7.13. The number of carbonyl (C=O) groups excluding carboxylic acids is 3. The van der Waals surface area contributed by atoms with Crippen LogP contribution >= 0.6 is 0 Å². The molecule has 0 heterocycles. The first kappa shape index (κ1) is 27.2. The third kappa shape index (κ3) is 8.99. The van der Waals surface area contributed by atoms with E-state index < -0.39 is 36.1 Å². The summed E-state index contributed by atoms with van der Waals surface area (Å²) >= 11 is 0. The van der Waals surface area contributed by atoms with E-state index in [2.05, 4.69) is 21.2 Å². The molecule has 0 spiro atoms. The molecule has 2 aromatic rings. The minimum absolute atomic E-state index is 0.0203. The molecule has 0 saturated heterocycles. The molecule has 0 fully saturated rings. The molecule has 0 aliphatic rings. The molecule has 12 heteroatoms. The van der Waals surface area contributed by atoms with Crippen LogP contribution in [-0.2, 0) is 20.6 Å². The second-order valence-corrected chi connectivity index (χ2v) is 7.13. The van der Waals surface area contributed by atoms with Crippen molar-refractivity contribution in [1.82, 2.24) is 10.7 Å². The lowest BCUT2D eigenvalue weighted by atomic mass is 10.2. The highest BCUT2D eigenvalue weighted by atomic mass is 19.4. The Morgan fingerprint density at radius 2 is 1.83 bits per heavy atom. The minimum Gasteiger partial charge on any atom is -0.493 e. The fourth-order valence-electron chi connectivity index (χ4n) is 2.67. The van der Waals surface area contributed by atoms with Crippen LogP contribution in [0.15, 0.2) is 47.6 Å². The Bertz CT molecular complexity index is 1070. The zero-order valence-corrected chi connectivity index (χ0v) is 19.1. The third-order valence-corrected chi connectivity index (χ3v) is 4.42. The number of rotatable bonds is 10. The molecule has 0 aliphatic carbocycles.